The largest absolute Gasteiger partial charge is 0.493 e. The molecule has 0 bridgehead atoms. The number of hydrogen-bond acceptors (Lipinski definition) is 6. The first-order chi connectivity index (χ1) is 12.8. The molecule has 0 saturated carbocycles. The number of fused-ring (bicyclic) bond motifs is 2. The zero-order valence-corrected chi connectivity index (χ0v) is 14.8. The molecule has 0 aromatic heterocycles. The lowest BCUT2D eigenvalue weighted by molar-refractivity contribution is 0.0879. The van der Waals surface area contributed by atoms with Crippen molar-refractivity contribution in [2.24, 2.45) is 0 Å². The van der Waals surface area contributed by atoms with E-state index in [1.165, 1.54) is 0 Å². The van der Waals surface area contributed by atoms with Gasteiger partial charge in [0.25, 0.3) is 0 Å². The molecule has 6 nitrogen and oxygen atoms in total. The van der Waals surface area contributed by atoms with Crippen LogP contribution in [-0.2, 0) is 0 Å². The first kappa shape index (κ1) is 16.8. The van der Waals surface area contributed by atoms with Gasteiger partial charge >= 0.3 is 0 Å². The van der Waals surface area contributed by atoms with Gasteiger partial charge in [-0.3, -0.25) is 0 Å². The molecule has 2 unspecified atom stereocenters. The summed E-state index contributed by atoms with van der Waals surface area (Å²) in [5.41, 5.74) is 0. The Kier molecular flexibility index (Phi) is 5.02. The normalized spacial score (nSPS) is 18.4. The summed E-state index contributed by atoms with van der Waals surface area (Å²) < 4.78 is 28.1. The molecule has 138 valence electrons. The van der Waals surface area contributed by atoms with Crippen LogP contribution in [0.1, 0.15) is 13.3 Å². The van der Waals surface area contributed by atoms with E-state index < -0.39 is 0 Å². The van der Waals surface area contributed by atoms with Crippen LogP contribution in [0.15, 0.2) is 42.5 Å². The minimum atomic E-state index is 0.0159. The fourth-order valence-electron chi connectivity index (χ4n) is 2.92. The van der Waals surface area contributed by atoms with Crippen LogP contribution in [-0.4, -0.2) is 38.7 Å². The van der Waals surface area contributed by atoms with Crippen LogP contribution in [0.2, 0.25) is 0 Å². The molecule has 2 aliphatic heterocycles. The fourth-order valence-corrected chi connectivity index (χ4v) is 2.92. The zero-order chi connectivity index (χ0) is 17.8. The molecular formula is C20H23NO5. The third-order valence-electron chi connectivity index (χ3n) is 4.43. The Morgan fingerprint density at radius 3 is 2.77 bits per heavy atom. The number of hydrogen-bond donors (Lipinski definition) is 1. The maximum absolute atomic E-state index is 5.95. The summed E-state index contributed by atoms with van der Waals surface area (Å²) in [4.78, 5) is 0. The van der Waals surface area contributed by atoms with E-state index in [1.54, 1.807) is 0 Å². The molecule has 2 atom stereocenters. The van der Waals surface area contributed by atoms with Crippen molar-refractivity contribution in [1.82, 2.24) is 5.32 Å². The summed E-state index contributed by atoms with van der Waals surface area (Å²) in [5, 5.41) is 3.48. The molecule has 2 aliphatic rings. The van der Waals surface area contributed by atoms with Crippen molar-refractivity contribution in [2.45, 2.75) is 25.5 Å². The molecular weight excluding hydrogens is 334 g/mol. The van der Waals surface area contributed by atoms with E-state index >= 15 is 0 Å². The Bertz CT molecular complexity index is 751. The lowest BCUT2D eigenvalue weighted by Crippen LogP contribution is -2.41. The lowest BCUT2D eigenvalue weighted by Gasteiger charge is -2.27. The van der Waals surface area contributed by atoms with Gasteiger partial charge in [0.15, 0.2) is 23.0 Å². The Balaban J connectivity index is 1.17. The molecule has 0 fully saturated rings. The quantitative estimate of drug-likeness (QED) is 0.822. The SMILES string of the molecule is CC(CCOc1ccc2c(c1)OCO2)NCC1COc2ccccc2O1. The van der Waals surface area contributed by atoms with Crippen molar-refractivity contribution in [3.63, 3.8) is 0 Å². The van der Waals surface area contributed by atoms with Gasteiger partial charge in [-0.1, -0.05) is 12.1 Å². The highest BCUT2D eigenvalue weighted by Crippen LogP contribution is 2.35. The van der Waals surface area contributed by atoms with Crippen molar-refractivity contribution >= 4 is 0 Å². The molecule has 0 spiro atoms. The van der Waals surface area contributed by atoms with Gasteiger partial charge in [-0.2, -0.15) is 0 Å². The summed E-state index contributed by atoms with van der Waals surface area (Å²) in [6.45, 7) is 4.33. The highest BCUT2D eigenvalue weighted by Gasteiger charge is 2.20. The second-order valence-corrected chi connectivity index (χ2v) is 6.46. The van der Waals surface area contributed by atoms with E-state index in [4.69, 9.17) is 23.7 Å². The van der Waals surface area contributed by atoms with E-state index in [0.29, 0.717) is 19.3 Å². The fraction of sp³-hybridized carbons (Fsp3) is 0.400. The average molecular weight is 357 g/mol. The van der Waals surface area contributed by atoms with E-state index in [-0.39, 0.29) is 12.9 Å². The van der Waals surface area contributed by atoms with Crippen molar-refractivity contribution in [1.29, 1.82) is 0 Å². The molecule has 26 heavy (non-hydrogen) atoms. The molecule has 1 N–H and O–H groups in total. The minimum Gasteiger partial charge on any atom is -0.493 e. The van der Waals surface area contributed by atoms with Crippen molar-refractivity contribution in [3.05, 3.63) is 42.5 Å². The van der Waals surface area contributed by atoms with E-state index in [2.05, 4.69) is 12.2 Å². The second kappa shape index (κ2) is 7.74. The monoisotopic (exact) mass is 357 g/mol. The van der Waals surface area contributed by atoms with Crippen LogP contribution in [0.5, 0.6) is 28.7 Å². The van der Waals surface area contributed by atoms with Gasteiger partial charge in [0, 0.05) is 18.7 Å². The first-order valence-corrected chi connectivity index (χ1v) is 8.92. The van der Waals surface area contributed by atoms with Crippen LogP contribution >= 0.6 is 0 Å². The molecule has 2 aromatic rings. The standard InChI is InChI=1S/C20H23NO5/c1-14(8-9-22-15-6-7-18-20(10-15)25-13-24-18)21-11-16-12-23-17-4-2-3-5-19(17)26-16/h2-7,10,14,16,21H,8-9,11-13H2,1H3. The minimum absolute atomic E-state index is 0.0159. The first-order valence-electron chi connectivity index (χ1n) is 8.92. The smallest absolute Gasteiger partial charge is 0.231 e. The Morgan fingerprint density at radius 2 is 1.85 bits per heavy atom. The van der Waals surface area contributed by atoms with Gasteiger partial charge in [-0.05, 0) is 37.6 Å². The number of nitrogens with one attached hydrogen (secondary N) is 1. The van der Waals surface area contributed by atoms with Crippen LogP contribution < -0.4 is 29.0 Å². The summed E-state index contributed by atoms with van der Waals surface area (Å²) in [6.07, 6.45) is 0.903. The van der Waals surface area contributed by atoms with Crippen LogP contribution in [0.25, 0.3) is 0 Å². The highest BCUT2D eigenvalue weighted by molar-refractivity contribution is 5.46. The molecule has 2 aromatic carbocycles. The molecule has 0 saturated heterocycles. The van der Waals surface area contributed by atoms with Gasteiger partial charge < -0.3 is 29.0 Å². The number of para-hydroxylation sites is 2. The maximum atomic E-state index is 5.95. The molecule has 0 aliphatic carbocycles. The molecule has 4 rings (SSSR count). The Hall–Kier alpha value is -2.60. The third-order valence-corrected chi connectivity index (χ3v) is 4.43. The van der Waals surface area contributed by atoms with Gasteiger partial charge in [-0.15, -0.1) is 0 Å². The maximum Gasteiger partial charge on any atom is 0.231 e. The molecule has 2 heterocycles. The number of ether oxygens (including phenoxy) is 5. The lowest BCUT2D eigenvalue weighted by atomic mass is 10.2. The molecule has 6 heteroatoms. The molecule has 0 radical (unpaired) electrons. The van der Waals surface area contributed by atoms with Crippen LogP contribution in [0.3, 0.4) is 0 Å². The van der Waals surface area contributed by atoms with E-state index in [9.17, 15) is 0 Å². The van der Waals surface area contributed by atoms with Gasteiger partial charge in [0.2, 0.25) is 6.79 Å². The van der Waals surface area contributed by atoms with Crippen molar-refractivity contribution in [2.75, 3.05) is 26.6 Å². The van der Waals surface area contributed by atoms with Crippen molar-refractivity contribution in [3.8, 4) is 28.7 Å². The summed E-state index contributed by atoms with van der Waals surface area (Å²) in [5.74, 6) is 3.92. The van der Waals surface area contributed by atoms with E-state index in [0.717, 1.165) is 41.7 Å². The second-order valence-electron chi connectivity index (χ2n) is 6.46. The predicted molar refractivity (Wildman–Crippen MR) is 96.5 cm³/mol. The Labute approximate surface area is 153 Å². The number of benzene rings is 2. The van der Waals surface area contributed by atoms with Gasteiger partial charge in [0.1, 0.15) is 18.5 Å². The summed E-state index contributed by atoms with van der Waals surface area (Å²) in [6, 6.07) is 13.7. The zero-order valence-electron chi connectivity index (χ0n) is 14.8. The topological polar surface area (TPSA) is 58.2 Å². The van der Waals surface area contributed by atoms with E-state index in [1.807, 2.05) is 42.5 Å². The highest BCUT2D eigenvalue weighted by atomic mass is 16.7. The summed E-state index contributed by atoms with van der Waals surface area (Å²) in [7, 11) is 0. The molecule has 0 amide bonds. The summed E-state index contributed by atoms with van der Waals surface area (Å²) >= 11 is 0. The predicted octanol–water partition coefficient (Wildman–Crippen LogP) is 3.00. The average Bonchev–Trinajstić information content (AvgIpc) is 3.14. The number of rotatable bonds is 7. The van der Waals surface area contributed by atoms with Crippen LogP contribution in [0, 0.1) is 0 Å². The third kappa shape index (κ3) is 3.96. The van der Waals surface area contributed by atoms with Crippen LogP contribution in [0.4, 0.5) is 0 Å². The van der Waals surface area contributed by atoms with Gasteiger partial charge in [0.05, 0.1) is 6.61 Å². The Morgan fingerprint density at radius 1 is 1.04 bits per heavy atom. The van der Waals surface area contributed by atoms with Crippen molar-refractivity contribution < 1.29 is 23.7 Å². The van der Waals surface area contributed by atoms with Gasteiger partial charge in [-0.25, -0.2) is 0 Å².